The summed E-state index contributed by atoms with van der Waals surface area (Å²) in [5.74, 6) is 0. The van der Waals surface area contributed by atoms with E-state index < -0.39 is 6.30 Å². The maximum atomic E-state index is 11.9. The molecule has 0 aliphatic heterocycles. The van der Waals surface area contributed by atoms with Gasteiger partial charge in [-0.1, -0.05) is 12.2 Å². The Morgan fingerprint density at radius 2 is 2.09 bits per heavy atom. The van der Waals surface area contributed by atoms with Gasteiger partial charge in [0, 0.05) is 11.8 Å². The number of aromatic amines is 1. The molecule has 0 saturated carbocycles. The molecule has 1 N–H and O–H groups in total. The molecule has 0 bridgehead atoms. The highest BCUT2D eigenvalue weighted by Crippen LogP contribution is 2.21. The lowest BCUT2D eigenvalue weighted by Crippen LogP contribution is -2.16. The van der Waals surface area contributed by atoms with Crippen LogP contribution in [0.3, 0.4) is 0 Å². The third-order valence-corrected chi connectivity index (χ3v) is 1.59. The van der Waals surface area contributed by atoms with Gasteiger partial charge in [-0.25, -0.2) is 4.68 Å². The number of aryl methyl sites for hydroxylation is 1. The van der Waals surface area contributed by atoms with Crippen LogP contribution in [-0.4, -0.2) is 9.78 Å². The fourth-order valence-electron chi connectivity index (χ4n) is 0.619. The third kappa shape index (κ3) is 1.62. The van der Waals surface area contributed by atoms with Crippen molar-refractivity contribution in [2.75, 3.05) is 0 Å². The molecule has 0 aliphatic carbocycles. The molecule has 0 saturated heterocycles. The summed E-state index contributed by atoms with van der Waals surface area (Å²) in [7, 11) is 0. The highest BCUT2D eigenvalue weighted by atomic mass is 32.1. The molecule has 0 unspecified atom stereocenters. The van der Waals surface area contributed by atoms with E-state index in [2.05, 4.69) is 12.2 Å². The molecule has 0 spiro atoms. The van der Waals surface area contributed by atoms with E-state index in [4.69, 9.17) is 0 Å². The molecular weight excluding hydrogens is 177 g/mol. The third-order valence-electron chi connectivity index (χ3n) is 1.18. The molecule has 11 heavy (non-hydrogen) atoms. The van der Waals surface area contributed by atoms with Gasteiger partial charge in [-0.3, -0.25) is 5.10 Å². The van der Waals surface area contributed by atoms with Crippen molar-refractivity contribution in [2.24, 2.45) is 0 Å². The van der Waals surface area contributed by atoms with Crippen LogP contribution in [0.15, 0.2) is 6.20 Å². The number of halogens is 3. The zero-order chi connectivity index (χ0) is 8.65. The number of nitrogens with one attached hydrogen (secondary N) is 1. The second-order valence-corrected chi connectivity index (χ2v) is 2.50. The highest BCUT2D eigenvalue weighted by Gasteiger charge is 2.30. The van der Waals surface area contributed by atoms with Gasteiger partial charge in [0.05, 0.1) is 0 Å². The summed E-state index contributed by atoms with van der Waals surface area (Å²) in [6, 6.07) is 0. The quantitative estimate of drug-likeness (QED) is 0.610. The normalized spacial score (nSPS) is 12.0. The molecule has 6 heteroatoms. The van der Waals surface area contributed by atoms with Gasteiger partial charge >= 0.3 is 6.30 Å². The summed E-state index contributed by atoms with van der Waals surface area (Å²) in [6.07, 6.45) is -3.48. The van der Waals surface area contributed by atoms with Crippen LogP contribution in [0, 0.1) is 11.6 Å². The molecule has 1 rings (SSSR count). The molecular formula is C5H5F3N2S. The van der Waals surface area contributed by atoms with Gasteiger partial charge in [-0.15, -0.1) is 13.2 Å². The summed E-state index contributed by atoms with van der Waals surface area (Å²) in [4.78, 5) is 0. The van der Waals surface area contributed by atoms with Crippen LogP contribution >= 0.6 is 12.2 Å². The Labute approximate surface area is 65.6 Å². The second-order valence-electron chi connectivity index (χ2n) is 2.09. The van der Waals surface area contributed by atoms with Crippen molar-refractivity contribution in [3.8, 4) is 0 Å². The standard InChI is InChI=1S/C5H5F3N2S/c1-3-2-10(5(6,7)8)9-4(3)11/h2H,1H3,(H,9,11). The molecule has 0 aromatic carbocycles. The largest absolute Gasteiger partial charge is 0.502 e. The van der Waals surface area contributed by atoms with E-state index in [0.29, 0.717) is 5.56 Å². The first kappa shape index (κ1) is 8.32. The topological polar surface area (TPSA) is 20.7 Å². The van der Waals surface area contributed by atoms with Crippen LogP contribution in [0.1, 0.15) is 5.56 Å². The number of aromatic nitrogens is 2. The lowest BCUT2D eigenvalue weighted by molar-refractivity contribution is -0.212. The summed E-state index contributed by atoms with van der Waals surface area (Å²) in [6.45, 7) is 1.51. The van der Waals surface area contributed by atoms with Crippen molar-refractivity contribution < 1.29 is 13.2 Å². The predicted octanol–water partition coefficient (Wildman–Crippen LogP) is 2.33. The van der Waals surface area contributed by atoms with Crippen molar-refractivity contribution >= 4 is 12.2 Å². The second kappa shape index (κ2) is 2.37. The molecule has 1 heterocycles. The lowest BCUT2D eigenvalue weighted by Gasteiger charge is -2.04. The molecule has 1 aromatic rings. The number of nitrogens with zero attached hydrogens (tertiary/aromatic N) is 1. The number of rotatable bonds is 0. The molecule has 0 aliphatic rings. The SMILES string of the molecule is Cc1cn(C(F)(F)F)[nH]c1=S. The molecule has 0 fully saturated rings. The van der Waals surface area contributed by atoms with E-state index in [9.17, 15) is 13.2 Å². The summed E-state index contributed by atoms with van der Waals surface area (Å²) < 4.78 is 35.7. The van der Waals surface area contributed by atoms with Crippen molar-refractivity contribution in [2.45, 2.75) is 13.2 Å². The van der Waals surface area contributed by atoms with Crippen LogP contribution < -0.4 is 0 Å². The van der Waals surface area contributed by atoms with Gasteiger partial charge in [0.1, 0.15) is 4.64 Å². The number of hydrogen-bond donors (Lipinski definition) is 1. The van der Waals surface area contributed by atoms with Crippen LogP contribution in [0.5, 0.6) is 0 Å². The number of H-pyrrole nitrogens is 1. The molecule has 0 amide bonds. The van der Waals surface area contributed by atoms with E-state index in [0.717, 1.165) is 6.20 Å². The van der Waals surface area contributed by atoms with Gasteiger partial charge < -0.3 is 0 Å². The Morgan fingerprint density at radius 1 is 1.55 bits per heavy atom. The summed E-state index contributed by atoms with van der Waals surface area (Å²) in [5.41, 5.74) is 0.414. The van der Waals surface area contributed by atoms with E-state index in [-0.39, 0.29) is 9.32 Å². The Bertz CT molecular complexity index is 308. The fraction of sp³-hybridized carbons (Fsp3) is 0.400. The van der Waals surface area contributed by atoms with Crippen LogP contribution in [0.2, 0.25) is 0 Å². The number of hydrogen-bond acceptors (Lipinski definition) is 1. The minimum atomic E-state index is -4.40. The van der Waals surface area contributed by atoms with Gasteiger partial charge in [-0.05, 0) is 6.92 Å². The first-order valence-electron chi connectivity index (χ1n) is 2.77. The molecule has 1 aromatic heterocycles. The zero-order valence-electron chi connectivity index (χ0n) is 5.57. The minimum absolute atomic E-state index is 0.0324. The van der Waals surface area contributed by atoms with Gasteiger partial charge in [0.2, 0.25) is 0 Å². The monoisotopic (exact) mass is 182 g/mol. The Morgan fingerprint density at radius 3 is 2.27 bits per heavy atom. The van der Waals surface area contributed by atoms with Crippen molar-refractivity contribution in [1.82, 2.24) is 9.78 Å². The molecule has 0 atom stereocenters. The summed E-state index contributed by atoms with van der Waals surface area (Å²) >= 11 is 4.57. The van der Waals surface area contributed by atoms with E-state index in [1.807, 2.05) is 5.10 Å². The maximum Gasteiger partial charge on any atom is 0.502 e. The molecule has 0 radical (unpaired) electrons. The average molecular weight is 182 g/mol. The predicted molar refractivity (Wildman–Crippen MR) is 35.7 cm³/mol. The van der Waals surface area contributed by atoms with Crippen molar-refractivity contribution in [3.05, 3.63) is 16.4 Å². The Kier molecular flexibility index (Phi) is 1.79. The fourth-order valence-corrected chi connectivity index (χ4v) is 0.770. The lowest BCUT2D eigenvalue weighted by atomic mass is 10.4. The number of alkyl halides is 3. The van der Waals surface area contributed by atoms with Gasteiger partial charge in [-0.2, -0.15) is 0 Å². The zero-order valence-corrected chi connectivity index (χ0v) is 6.38. The minimum Gasteiger partial charge on any atom is -0.281 e. The van der Waals surface area contributed by atoms with Crippen molar-refractivity contribution in [1.29, 1.82) is 0 Å². The molecule has 62 valence electrons. The van der Waals surface area contributed by atoms with E-state index in [1.165, 1.54) is 6.92 Å². The van der Waals surface area contributed by atoms with Crippen molar-refractivity contribution in [3.63, 3.8) is 0 Å². The summed E-state index contributed by atoms with van der Waals surface area (Å²) in [5, 5.41) is 1.99. The van der Waals surface area contributed by atoms with Crippen LogP contribution in [0.4, 0.5) is 13.2 Å². The van der Waals surface area contributed by atoms with Crippen LogP contribution in [-0.2, 0) is 6.30 Å². The average Bonchev–Trinajstić information content (AvgIpc) is 2.11. The Balaban J connectivity index is 3.18. The van der Waals surface area contributed by atoms with Crippen LogP contribution in [0.25, 0.3) is 0 Å². The van der Waals surface area contributed by atoms with E-state index >= 15 is 0 Å². The van der Waals surface area contributed by atoms with E-state index in [1.54, 1.807) is 0 Å². The smallest absolute Gasteiger partial charge is 0.281 e. The van der Waals surface area contributed by atoms with Gasteiger partial charge in [0.25, 0.3) is 0 Å². The van der Waals surface area contributed by atoms with Gasteiger partial charge in [0.15, 0.2) is 0 Å². The molecule has 2 nitrogen and oxygen atoms in total. The maximum absolute atomic E-state index is 11.9. The Hall–Kier alpha value is -0.780. The first-order valence-corrected chi connectivity index (χ1v) is 3.17. The highest BCUT2D eigenvalue weighted by molar-refractivity contribution is 7.71. The first-order chi connectivity index (χ1) is 4.91.